The Morgan fingerprint density at radius 3 is 2.32 bits per heavy atom. The van der Waals surface area contributed by atoms with Crippen LogP contribution in [-0.4, -0.2) is 13.2 Å². The molecule has 1 unspecified atom stereocenters. The normalized spacial score (nSPS) is 12.7. The van der Waals surface area contributed by atoms with E-state index in [1.807, 2.05) is 12.1 Å². The molecule has 3 heteroatoms. The predicted octanol–water partition coefficient (Wildman–Crippen LogP) is 3.29. The maximum atomic E-state index is 5.78. The highest BCUT2D eigenvalue weighted by Gasteiger charge is 2.20. The van der Waals surface area contributed by atoms with Crippen molar-refractivity contribution in [3.05, 3.63) is 29.8 Å². The standard InChI is InChI=1S/C16H28N2O/c1-4-8-13(9-5-2)15(18-17)12-14-10-6-7-11-16(14)19-3/h6-7,10-11,13,15,18H,4-5,8-9,12,17H2,1-3H3. The molecule has 0 radical (unpaired) electrons. The van der Waals surface area contributed by atoms with Crippen LogP contribution in [0.5, 0.6) is 5.75 Å². The molecular weight excluding hydrogens is 236 g/mol. The van der Waals surface area contributed by atoms with Gasteiger partial charge in [0.2, 0.25) is 0 Å². The molecule has 19 heavy (non-hydrogen) atoms. The average molecular weight is 264 g/mol. The third-order valence-electron chi connectivity index (χ3n) is 3.73. The minimum absolute atomic E-state index is 0.316. The fourth-order valence-corrected chi connectivity index (χ4v) is 2.76. The summed E-state index contributed by atoms with van der Waals surface area (Å²) in [5.41, 5.74) is 4.24. The molecule has 0 aliphatic heterocycles. The van der Waals surface area contributed by atoms with Gasteiger partial charge in [0.1, 0.15) is 5.75 Å². The van der Waals surface area contributed by atoms with Crippen LogP contribution in [0.1, 0.15) is 45.1 Å². The Labute approximate surface area is 117 Å². The van der Waals surface area contributed by atoms with E-state index in [1.165, 1.54) is 31.2 Å². The highest BCUT2D eigenvalue weighted by molar-refractivity contribution is 5.33. The second-order valence-corrected chi connectivity index (χ2v) is 5.13. The van der Waals surface area contributed by atoms with Crippen molar-refractivity contribution in [3.8, 4) is 5.75 Å². The third kappa shape index (κ3) is 4.84. The lowest BCUT2D eigenvalue weighted by atomic mass is 9.87. The minimum atomic E-state index is 0.316. The number of nitrogens with two attached hydrogens (primary N) is 1. The zero-order valence-electron chi connectivity index (χ0n) is 12.5. The van der Waals surface area contributed by atoms with Crippen LogP contribution in [0.2, 0.25) is 0 Å². The zero-order chi connectivity index (χ0) is 14.1. The van der Waals surface area contributed by atoms with E-state index in [1.54, 1.807) is 7.11 Å². The number of nitrogens with one attached hydrogen (secondary N) is 1. The first kappa shape index (κ1) is 16.0. The largest absolute Gasteiger partial charge is 0.496 e. The van der Waals surface area contributed by atoms with Crippen molar-refractivity contribution in [2.24, 2.45) is 11.8 Å². The van der Waals surface area contributed by atoms with Crippen molar-refractivity contribution in [1.82, 2.24) is 5.43 Å². The molecule has 108 valence electrons. The molecule has 1 aromatic rings. The van der Waals surface area contributed by atoms with Gasteiger partial charge in [0.15, 0.2) is 0 Å². The van der Waals surface area contributed by atoms with E-state index >= 15 is 0 Å². The second kappa shape index (κ2) is 8.94. The first-order chi connectivity index (χ1) is 9.26. The number of benzene rings is 1. The summed E-state index contributed by atoms with van der Waals surface area (Å²) in [6.45, 7) is 4.47. The summed E-state index contributed by atoms with van der Waals surface area (Å²) in [4.78, 5) is 0. The van der Waals surface area contributed by atoms with Crippen LogP contribution in [0.15, 0.2) is 24.3 Å². The molecule has 0 saturated carbocycles. The monoisotopic (exact) mass is 264 g/mol. The van der Waals surface area contributed by atoms with Crippen molar-refractivity contribution in [2.75, 3.05) is 7.11 Å². The number of methoxy groups -OCH3 is 1. The summed E-state index contributed by atoms with van der Waals surface area (Å²) < 4.78 is 5.42. The SMILES string of the molecule is CCCC(CCC)C(Cc1ccccc1OC)NN. The van der Waals surface area contributed by atoms with Gasteiger partial charge in [-0.25, -0.2) is 0 Å². The molecule has 0 saturated heterocycles. The molecule has 1 aromatic carbocycles. The van der Waals surface area contributed by atoms with Crippen LogP contribution in [-0.2, 0) is 6.42 Å². The first-order valence-electron chi connectivity index (χ1n) is 7.34. The van der Waals surface area contributed by atoms with Gasteiger partial charge in [-0.3, -0.25) is 11.3 Å². The Kier molecular flexibility index (Phi) is 7.53. The summed E-state index contributed by atoms with van der Waals surface area (Å²) >= 11 is 0. The van der Waals surface area contributed by atoms with E-state index in [0.29, 0.717) is 12.0 Å². The lowest BCUT2D eigenvalue weighted by molar-refractivity contribution is 0.308. The van der Waals surface area contributed by atoms with Crippen molar-refractivity contribution in [1.29, 1.82) is 0 Å². The molecule has 0 heterocycles. The van der Waals surface area contributed by atoms with E-state index < -0.39 is 0 Å². The molecule has 0 aliphatic carbocycles. The average Bonchev–Trinajstić information content (AvgIpc) is 2.45. The van der Waals surface area contributed by atoms with Gasteiger partial charge in [0.05, 0.1) is 7.11 Å². The summed E-state index contributed by atoms with van der Waals surface area (Å²) in [6, 6.07) is 8.51. The molecular formula is C16H28N2O. The van der Waals surface area contributed by atoms with Crippen LogP contribution in [0, 0.1) is 5.92 Å². The maximum Gasteiger partial charge on any atom is 0.122 e. The molecule has 1 rings (SSSR count). The molecule has 0 fully saturated rings. The molecule has 3 nitrogen and oxygen atoms in total. The Morgan fingerprint density at radius 2 is 1.79 bits per heavy atom. The summed E-state index contributed by atoms with van der Waals surface area (Å²) in [5, 5.41) is 0. The predicted molar refractivity (Wildman–Crippen MR) is 81.1 cm³/mol. The van der Waals surface area contributed by atoms with Crippen LogP contribution < -0.4 is 16.0 Å². The number of para-hydroxylation sites is 1. The van der Waals surface area contributed by atoms with Gasteiger partial charge in [-0.1, -0.05) is 44.9 Å². The zero-order valence-corrected chi connectivity index (χ0v) is 12.5. The Bertz CT molecular complexity index is 348. The third-order valence-corrected chi connectivity index (χ3v) is 3.73. The van der Waals surface area contributed by atoms with E-state index in [0.717, 1.165) is 12.2 Å². The van der Waals surface area contributed by atoms with Gasteiger partial charge in [0.25, 0.3) is 0 Å². The summed E-state index contributed by atoms with van der Waals surface area (Å²) in [6.07, 6.45) is 5.77. The Balaban J connectivity index is 2.78. The number of rotatable bonds is 9. The lowest BCUT2D eigenvalue weighted by Gasteiger charge is -2.26. The van der Waals surface area contributed by atoms with Gasteiger partial charge in [0, 0.05) is 6.04 Å². The number of hydrazine groups is 1. The fourth-order valence-electron chi connectivity index (χ4n) is 2.76. The minimum Gasteiger partial charge on any atom is -0.496 e. The molecule has 0 amide bonds. The van der Waals surface area contributed by atoms with Gasteiger partial charge >= 0.3 is 0 Å². The molecule has 0 aliphatic rings. The highest BCUT2D eigenvalue weighted by Crippen LogP contribution is 2.24. The van der Waals surface area contributed by atoms with Crippen molar-refractivity contribution < 1.29 is 4.74 Å². The maximum absolute atomic E-state index is 5.78. The Morgan fingerprint density at radius 1 is 1.16 bits per heavy atom. The quantitative estimate of drug-likeness (QED) is 0.531. The topological polar surface area (TPSA) is 47.3 Å². The molecule has 0 bridgehead atoms. The van der Waals surface area contributed by atoms with Crippen molar-refractivity contribution >= 4 is 0 Å². The van der Waals surface area contributed by atoms with E-state index in [9.17, 15) is 0 Å². The van der Waals surface area contributed by atoms with E-state index in [-0.39, 0.29) is 0 Å². The van der Waals surface area contributed by atoms with Crippen LogP contribution in [0.4, 0.5) is 0 Å². The van der Waals surface area contributed by atoms with E-state index in [4.69, 9.17) is 10.6 Å². The number of hydrogen-bond acceptors (Lipinski definition) is 3. The van der Waals surface area contributed by atoms with Crippen LogP contribution in [0.3, 0.4) is 0 Å². The van der Waals surface area contributed by atoms with Gasteiger partial charge in [-0.2, -0.15) is 0 Å². The second-order valence-electron chi connectivity index (χ2n) is 5.13. The molecule has 0 aromatic heterocycles. The van der Waals surface area contributed by atoms with Crippen LogP contribution >= 0.6 is 0 Å². The van der Waals surface area contributed by atoms with Crippen molar-refractivity contribution in [2.45, 2.75) is 52.0 Å². The van der Waals surface area contributed by atoms with Crippen LogP contribution in [0.25, 0.3) is 0 Å². The fraction of sp³-hybridized carbons (Fsp3) is 0.625. The van der Waals surface area contributed by atoms with Gasteiger partial charge in [-0.05, 0) is 36.8 Å². The summed E-state index contributed by atoms with van der Waals surface area (Å²) in [5.74, 6) is 7.37. The number of ether oxygens (including phenoxy) is 1. The van der Waals surface area contributed by atoms with Crippen molar-refractivity contribution in [3.63, 3.8) is 0 Å². The van der Waals surface area contributed by atoms with Gasteiger partial charge < -0.3 is 4.74 Å². The Hall–Kier alpha value is -1.06. The van der Waals surface area contributed by atoms with E-state index in [2.05, 4.69) is 31.4 Å². The number of hydrogen-bond donors (Lipinski definition) is 2. The smallest absolute Gasteiger partial charge is 0.122 e. The molecule has 3 N–H and O–H groups in total. The highest BCUT2D eigenvalue weighted by atomic mass is 16.5. The first-order valence-corrected chi connectivity index (χ1v) is 7.34. The summed E-state index contributed by atoms with van der Waals surface area (Å²) in [7, 11) is 1.72. The lowest BCUT2D eigenvalue weighted by Crippen LogP contribution is -2.42. The van der Waals surface area contributed by atoms with Gasteiger partial charge in [-0.15, -0.1) is 0 Å². The molecule has 1 atom stereocenters. The molecule has 0 spiro atoms.